The standard InChI is InChI=1S/C23H30N6/c1-29(2)22-20-8-3-4-9-21(20)27-23(28-22)26-19-12-10-18(11-13-19)25-15-16-6-5-7-17(24)14-16/h3-9,14,18-19,25H,10-13,15,24H2,1-2H3,(H,26,27,28)/t18-,19+. The number of para-hydroxylation sites is 1. The van der Waals surface area contributed by atoms with Crippen LogP contribution in [0.2, 0.25) is 0 Å². The van der Waals surface area contributed by atoms with Gasteiger partial charge in [-0.3, -0.25) is 0 Å². The van der Waals surface area contributed by atoms with E-state index in [1.165, 1.54) is 5.56 Å². The van der Waals surface area contributed by atoms with Crippen molar-refractivity contribution in [2.45, 2.75) is 44.3 Å². The smallest absolute Gasteiger partial charge is 0.225 e. The van der Waals surface area contributed by atoms with Crippen LogP contribution in [0.3, 0.4) is 0 Å². The van der Waals surface area contributed by atoms with Gasteiger partial charge in [0.15, 0.2) is 0 Å². The van der Waals surface area contributed by atoms with Crippen molar-refractivity contribution in [2.75, 3.05) is 30.0 Å². The molecule has 1 fully saturated rings. The van der Waals surface area contributed by atoms with Crippen molar-refractivity contribution in [1.82, 2.24) is 15.3 Å². The minimum Gasteiger partial charge on any atom is -0.399 e. The van der Waals surface area contributed by atoms with E-state index in [2.05, 4.69) is 22.8 Å². The van der Waals surface area contributed by atoms with E-state index >= 15 is 0 Å². The molecular formula is C23H30N6. The molecule has 0 atom stereocenters. The lowest BCUT2D eigenvalue weighted by Gasteiger charge is -2.30. The second kappa shape index (κ2) is 8.66. The fraction of sp³-hybridized carbons (Fsp3) is 0.391. The van der Waals surface area contributed by atoms with E-state index in [1.54, 1.807) is 0 Å². The third-order valence-electron chi connectivity index (χ3n) is 5.61. The third-order valence-corrected chi connectivity index (χ3v) is 5.61. The summed E-state index contributed by atoms with van der Waals surface area (Å²) < 4.78 is 0. The minimum absolute atomic E-state index is 0.414. The molecule has 2 aromatic carbocycles. The first kappa shape index (κ1) is 19.5. The summed E-state index contributed by atoms with van der Waals surface area (Å²) in [5.74, 6) is 1.68. The Morgan fingerprint density at radius 1 is 0.966 bits per heavy atom. The Morgan fingerprint density at radius 3 is 2.48 bits per heavy atom. The first-order chi connectivity index (χ1) is 14.1. The maximum absolute atomic E-state index is 5.87. The Kier molecular flexibility index (Phi) is 5.81. The van der Waals surface area contributed by atoms with E-state index in [1.807, 2.05) is 55.4 Å². The van der Waals surface area contributed by atoms with E-state index in [0.717, 1.165) is 60.6 Å². The summed E-state index contributed by atoms with van der Waals surface area (Å²) in [6.07, 6.45) is 4.52. The van der Waals surface area contributed by atoms with Crippen molar-refractivity contribution in [2.24, 2.45) is 0 Å². The predicted octanol–water partition coefficient (Wildman–Crippen LogP) is 3.79. The van der Waals surface area contributed by atoms with E-state index in [4.69, 9.17) is 15.7 Å². The van der Waals surface area contributed by atoms with Gasteiger partial charge in [0, 0.05) is 43.8 Å². The van der Waals surface area contributed by atoms with Gasteiger partial charge in [-0.1, -0.05) is 24.3 Å². The fourth-order valence-electron chi connectivity index (χ4n) is 4.06. The predicted molar refractivity (Wildman–Crippen MR) is 121 cm³/mol. The molecular weight excluding hydrogens is 360 g/mol. The highest BCUT2D eigenvalue weighted by molar-refractivity contribution is 5.90. The largest absolute Gasteiger partial charge is 0.399 e. The molecule has 0 unspecified atom stereocenters. The number of anilines is 3. The number of fused-ring (bicyclic) bond motifs is 1. The molecule has 29 heavy (non-hydrogen) atoms. The first-order valence-corrected chi connectivity index (χ1v) is 10.4. The minimum atomic E-state index is 0.414. The molecule has 4 N–H and O–H groups in total. The van der Waals surface area contributed by atoms with E-state index in [9.17, 15) is 0 Å². The van der Waals surface area contributed by atoms with Crippen molar-refractivity contribution in [3.63, 3.8) is 0 Å². The van der Waals surface area contributed by atoms with Gasteiger partial charge in [0.05, 0.1) is 5.52 Å². The second-order valence-corrected chi connectivity index (χ2v) is 8.10. The van der Waals surface area contributed by atoms with Crippen LogP contribution in [-0.2, 0) is 6.54 Å². The highest BCUT2D eigenvalue weighted by Crippen LogP contribution is 2.26. The van der Waals surface area contributed by atoms with Gasteiger partial charge >= 0.3 is 0 Å². The topological polar surface area (TPSA) is 79.1 Å². The Morgan fingerprint density at radius 2 is 1.72 bits per heavy atom. The zero-order valence-corrected chi connectivity index (χ0v) is 17.2. The van der Waals surface area contributed by atoms with Gasteiger partial charge in [0.2, 0.25) is 5.95 Å². The molecule has 0 aliphatic heterocycles. The molecule has 1 heterocycles. The van der Waals surface area contributed by atoms with Crippen LogP contribution in [0.25, 0.3) is 10.9 Å². The van der Waals surface area contributed by atoms with Crippen LogP contribution in [0.5, 0.6) is 0 Å². The van der Waals surface area contributed by atoms with Crippen LogP contribution in [0.1, 0.15) is 31.2 Å². The maximum atomic E-state index is 5.87. The molecule has 1 aliphatic rings. The van der Waals surface area contributed by atoms with Gasteiger partial charge in [-0.2, -0.15) is 4.98 Å². The van der Waals surface area contributed by atoms with E-state index < -0.39 is 0 Å². The van der Waals surface area contributed by atoms with Gasteiger partial charge in [0.1, 0.15) is 5.82 Å². The first-order valence-electron chi connectivity index (χ1n) is 10.4. The summed E-state index contributed by atoms with van der Waals surface area (Å²) in [7, 11) is 4.05. The van der Waals surface area contributed by atoms with Crippen LogP contribution >= 0.6 is 0 Å². The molecule has 0 radical (unpaired) electrons. The lowest BCUT2D eigenvalue weighted by atomic mass is 9.91. The summed E-state index contributed by atoms with van der Waals surface area (Å²) in [5.41, 5.74) is 8.92. The number of hydrogen-bond donors (Lipinski definition) is 3. The number of nitrogens with zero attached hydrogens (tertiary/aromatic N) is 3. The zero-order valence-electron chi connectivity index (χ0n) is 17.2. The Balaban J connectivity index is 1.35. The highest BCUT2D eigenvalue weighted by Gasteiger charge is 2.22. The number of hydrogen-bond acceptors (Lipinski definition) is 6. The number of aromatic nitrogens is 2. The summed E-state index contributed by atoms with van der Waals surface area (Å²) in [5, 5.41) is 8.33. The number of nitrogens with one attached hydrogen (secondary N) is 2. The molecule has 152 valence electrons. The molecule has 0 amide bonds. The summed E-state index contributed by atoms with van der Waals surface area (Å²) >= 11 is 0. The average Bonchev–Trinajstić information content (AvgIpc) is 2.72. The van der Waals surface area contributed by atoms with Gasteiger partial charge < -0.3 is 21.3 Å². The Labute approximate surface area is 172 Å². The molecule has 6 nitrogen and oxygen atoms in total. The van der Waals surface area contributed by atoms with Crippen LogP contribution < -0.4 is 21.3 Å². The molecule has 6 heteroatoms. The fourth-order valence-corrected chi connectivity index (χ4v) is 4.06. The molecule has 1 aromatic heterocycles. The van der Waals surface area contributed by atoms with Crippen molar-refractivity contribution >= 4 is 28.4 Å². The second-order valence-electron chi connectivity index (χ2n) is 8.10. The van der Waals surface area contributed by atoms with Crippen LogP contribution in [0.4, 0.5) is 17.5 Å². The van der Waals surface area contributed by atoms with Crippen LogP contribution in [-0.4, -0.2) is 36.1 Å². The SMILES string of the molecule is CN(C)c1nc(N[C@H]2CC[C@@H](NCc3cccc(N)c3)CC2)nc2ccccc12. The van der Waals surface area contributed by atoms with Gasteiger partial charge in [0.25, 0.3) is 0 Å². The quantitative estimate of drug-likeness (QED) is 0.556. The summed E-state index contributed by atoms with van der Waals surface area (Å²) in [6, 6.07) is 17.2. The van der Waals surface area contributed by atoms with Gasteiger partial charge in [-0.25, -0.2) is 4.98 Å². The lowest BCUT2D eigenvalue weighted by Crippen LogP contribution is -2.37. The van der Waals surface area contributed by atoms with E-state index in [-0.39, 0.29) is 0 Å². The molecule has 4 rings (SSSR count). The molecule has 1 aliphatic carbocycles. The third kappa shape index (κ3) is 4.77. The number of rotatable bonds is 6. The number of nitrogen functional groups attached to an aromatic ring is 1. The zero-order chi connectivity index (χ0) is 20.2. The van der Waals surface area contributed by atoms with Gasteiger partial charge in [-0.05, 0) is 55.5 Å². The molecule has 0 bridgehead atoms. The van der Waals surface area contributed by atoms with Crippen molar-refractivity contribution in [1.29, 1.82) is 0 Å². The van der Waals surface area contributed by atoms with Crippen LogP contribution in [0, 0.1) is 0 Å². The average molecular weight is 391 g/mol. The Hall–Kier alpha value is -2.86. The molecule has 0 spiro atoms. The van der Waals surface area contributed by atoms with Crippen molar-refractivity contribution in [3.05, 3.63) is 54.1 Å². The van der Waals surface area contributed by atoms with Crippen molar-refractivity contribution in [3.8, 4) is 0 Å². The summed E-state index contributed by atoms with van der Waals surface area (Å²) in [6.45, 7) is 0.869. The van der Waals surface area contributed by atoms with E-state index in [0.29, 0.717) is 12.1 Å². The Bertz CT molecular complexity index is 962. The van der Waals surface area contributed by atoms with Crippen molar-refractivity contribution < 1.29 is 0 Å². The number of benzene rings is 2. The van der Waals surface area contributed by atoms with Crippen LogP contribution in [0.15, 0.2) is 48.5 Å². The lowest BCUT2D eigenvalue weighted by molar-refractivity contribution is 0.352. The molecule has 1 saturated carbocycles. The monoisotopic (exact) mass is 390 g/mol. The molecule has 0 saturated heterocycles. The maximum Gasteiger partial charge on any atom is 0.225 e. The van der Waals surface area contributed by atoms with Gasteiger partial charge in [-0.15, -0.1) is 0 Å². The molecule has 3 aromatic rings. The normalized spacial score (nSPS) is 19.2. The number of nitrogens with two attached hydrogens (primary N) is 1. The summed E-state index contributed by atoms with van der Waals surface area (Å²) in [4.78, 5) is 11.6. The highest BCUT2D eigenvalue weighted by atomic mass is 15.2.